The molecule has 128 valence electrons. The van der Waals surface area contributed by atoms with E-state index in [9.17, 15) is 5.11 Å². The molecule has 1 N–H and O–H groups in total. The highest BCUT2D eigenvalue weighted by Gasteiger charge is 2.14. The van der Waals surface area contributed by atoms with Crippen LogP contribution in [0.5, 0.6) is 5.75 Å². The highest BCUT2D eigenvalue weighted by atomic mass is 16.3. The maximum Gasteiger partial charge on any atom is 0.123 e. The molecule has 0 saturated heterocycles. The number of nitrogens with zero attached hydrogens (tertiary/aromatic N) is 1. The largest absolute Gasteiger partial charge is 0.507 e. The van der Waals surface area contributed by atoms with Crippen molar-refractivity contribution >= 4 is 0 Å². The number of benzene rings is 3. The normalized spacial score (nSPS) is 11.0. The molecule has 0 spiro atoms. The monoisotopic (exact) mass is 331 g/mol. The molecule has 0 aliphatic carbocycles. The Balaban J connectivity index is 1.87. The minimum Gasteiger partial charge on any atom is -0.507 e. The van der Waals surface area contributed by atoms with Gasteiger partial charge in [-0.1, -0.05) is 72.8 Å². The van der Waals surface area contributed by atoms with Crippen LogP contribution in [0.4, 0.5) is 0 Å². The Bertz CT molecular complexity index is 771. The van der Waals surface area contributed by atoms with Gasteiger partial charge in [0.1, 0.15) is 5.75 Å². The third-order valence-corrected chi connectivity index (χ3v) is 4.60. The van der Waals surface area contributed by atoms with Crippen LogP contribution in [0.2, 0.25) is 0 Å². The molecule has 0 bridgehead atoms. The first kappa shape index (κ1) is 17.2. The van der Waals surface area contributed by atoms with E-state index in [1.807, 2.05) is 25.1 Å². The van der Waals surface area contributed by atoms with E-state index < -0.39 is 0 Å². The minimum absolute atomic E-state index is 0.422. The van der Waals surface area contributed by atoms with E-state index in [1.54, 1.807) is 0 Å². The zero-order chi connectivity index (χ0) is 17.6. The number of aryl methyl sites for hydroxylation is 2. The van der Waals surface area contributed by atoms with Gasteiger partial charge in [0, 0.05) is 25.2 Å². The van der Waals surface area contributed by atoms with Crippen LogP contribution >= 0.6 is 0 Å². The van der Waals surface area contributed by atoms with Gasteiger partial charge in [0.2, 0.25) is 0 Å². The molecule has 0 radical (unpaired) electrons. The molecule has 0 aliphatic rings. The first-order valence-electron chi connectivity index (χ1n) is 8.72. The summed E-state index contributed by atoms with van der Waals surface area (Å²) in [7, 11) is 0. The van der Waals surface area contributed by atoms with Crippen molar-refractivity contribution < 1.29 is 5.11 Å². The average Bonchev–Trinajstić information content (AvgIpc) is 2.63. The smallest absolute Gasteiger partial charge is 0.123 e. The summed E-state index contributed by atoms with van der Waals surface area (Å²) < 4.78 is 0. The van der Waals surface area contributed by atoms with Gasteiger partial charge >= 0.3 is 0 Å². The zero-order valence-electron chi connectivity index (χ0n) is 14.9. The Morgan fingerprint density at radius 1 is 0.640 bits per heavy atom. The highest BCUT2D eigenvalue weighted by Crippen LogP contribution is 2.27. The van der Waals surface area contributed by atoms with Crippen LogP contribution in [0.3, 0.4) is 0 Å². The summed E-state index contributed by atoms with van der Waals surface area (Å²) in [5.41, 5.74) is 5.65. The van der Waals surface area contributed by atoms with Crippen molar-refractivity contribution in [2.75, 3.05) is 0 Å². The molecule has 3 aromatic rings. The predicted molar refractivity (Wildman–Crippen MR) is 103 cm³/mol. The lowest BCUT2D eigenvalue weighted by molar-refractivity contribution is 0.243. The van der Waals surface area contributed by atoms with Gasteiger partial charge in [-0.25, -0.2) is 0 Å². The second kappa shape index (κ2) is 8.00. The highest BCUT2D eigenvalue weighted by molar-refractivity contribution is 5.44. The van der Waals surface area contributed by atoms with Crippen molar-refractivity contribution in [2.45, 2.75) is 33.5 Å². The fourth-order valence-corrected chi connectivity index (χ4v) is 3.13. The second-order valence-electron chi connectivity index (χ2n) is 6.64. The zero-order valence-corrected chi connectivity index (χ0v) is 14.9. The van der Waals surface area contributed by atoms with Crippen molar-refractivity contribution in [1.29, 1.82) is 0 Å². The van der Waals surface area contributed by atoms with E-state index in [0.29, 0.717) is 5.75 Å². The van der Waals surface area contributed by atoms with E-state index in [4.69, 9.17) is 0 Å². The second-order valence-corrected chi connectivity index (χ2v) is 6.64. The standard InChI is InChI=1S/C23H25NO/c1-18-13-14-19(2)23(25)22(18)17-24(15-20-9-5-3-6-10-20)16-21-11-7-4-8-12-21/h3-14,25H,15-17H2,1-2H3. The first-order valence-corrected chi connectivity index (χ1v) is 8.72. The third kappa shape index (κ3) is 4.49. The van der Waals surface area contributed by atoms with Crippen LogP contribution in [-0.4, -0.2) is 10.0 Å². The first-order chi connectivity index (χ1) is 12.1. The van der Waals surface area contributed by atoms with Crippen LogP contribution < -0.4 is 0 Å². The number of hydrogen-bond acceptors (Lipinski definition) is 2. The quantitative estimate of drug-likeness (QED) is 0.670. The van der Waals surface area contributed by atoms with Gasteiger partial charge < -0.3 is 5.11 Å². The van der Waals surface area contributed by atoms with E-state index in [-0.39, 0.29) is 0 Å². The number of phenolic OH excluding ortho intramolecular Hbond substituents is 1. The van der Waals surface area contributed by atoms with Gasteiger partial charge in [-0.2, -0.15) is 0 Å². The number of aromatic hydroxyl groups is 1. The number of rotatable bonds is 6. The van der Waals surface area contributed by atoms with Gasteiger partial charge in [-0.3, -0.25) is 4.90 Å². The number of phenols is 1. The summed E-state index contributed by atoms with van der Waals surface area (Å²) in [6, 6.07) is 25.1. The topological polar surface area (TPSA) is 23.5 Å². The Morgan fingerprint density at radius 3 is 1.64 bits per heavy atom. The molecule has 0 saturated carbocycles. The van der Waals surface area contributed by atoms with Crippen molar-refractivity contribution in [3.8, 4) is 5.75 Å². The van der Waals surface area contributed by atoms with E-state index in [0.717, 1.165) is 36.3 Å². The lowest BCUT2D eigenvalue weighted by Gasteiger charge is -2.24. The Hall–Kier alpha value is -2.58. The van der Waals surface area contributed by atoms with E-state index in [1.165, 1.54) is 11.1 Å². The number of hydrogen-bond donors (Lipinski definition) is 1. The lowest BCUT2D eigenvalue weighted by Crippen LogP contribution is -2.23. The summed E-state index contributed by atoms with van der Waals surface area (Å²) in [4.78, 5) is 2.38. The molecule has 2 nitrogen and oxygen atoms in total. The van der Waals surface area contributed by atoms with Crippen molar-refractivity contribution in [3.05, 3.63) is 101 Å². The minimum atomic E-state index is 0.422. The molecule has 2 heteroatoms. The van der Waals surface area contributed by atoms with Crippen LogP contribution in [0.25, 0.3) is 0 Å². The molecule has 0 atom stereocenters. The maximum absolute atomic E-state index is 10.5. The third-order valence-electron chi connectivity index (χ3n) is 4.60. The van der Waals surface area contributed by atoms with E-state index >= 15 is 0 Å². The van der Waals surface area contributed by atoms with Gasteiger partial charge in [-0.15, -0.1) is 0 Å². The molecule has 0 fully saturated rings. The van der Waals surface area contributed by atoms with E-state index in [2.05, 4.69) is 66.4 Å². The summed E-state index contributed by atoms with van der Waals surface area (Å²) >= 11 is 0. The molecule has 25 heavy (non-hydrogen) atoms. The van der Waals surface area contributed by atoms with Crippen molar-refractivity contribution in [1.82, 2.24) is 4.90 Å². The van der Waals surface area contributed by atoms with Crippen LogP contribution in [-0.2, 0) is 19.6 Å². The summed E-state index contributed by atoms with van der Waals surface area (Å²) in [5.74, 6) is 0.422. The SMILES string of the molecule is Cc1ccc(C)c(CN(Cc2ccccc2)Cc2ccccc2)c1O. The lowest BCUT2D eigenvalue weighted by atomic mass is 10.0. The fourth-order valence-electron chi connectivity index (χ4n) is 3.13. The molecule has 0 heterocycles. The predicted octanol–water partition coefficient (Wildman–Crippen LogP) is 5.21. The molecule has 0 unspecified atom stereocenters. The average molecular weight is 331 g/mol. The molecular weight excluding hydrogens is 306 g/mol. The van der Waals surface area contributed by atoms with Crippen LogP contribution in [0.1, 0.15) is 27.8 Å². The van der Waals surface area contributed by atoms with Gasteiger partial charge in [-0.05, 0) is 36.1 Å². The molecule has 0 aromatic heterocycles. The Labute approximate surface area is 150 Å². The summed E-state index contributed by atoms with van der Waals surface area (Å²) in [5, 5.41) is 10.5. The van der Waals surface area contributed by atoms with Crippen LogP contribution in [0.15, 0.2) is 72.8 Å². The van der Waals surface area contributed by atoms with Crippen molar-refractivity contribution in [3.63, 3.8) is 0 Å². The molecule has 3 aromatic carbocycles. The molecule has 0 amide bonds. The van der Waals surface area contributed by atoms with Gasteiger partial charge in [0.25, 0.3) is 0 Å². The van der Waals surface area contributed by atoms with Crippen molar-refractivity contribution in [2.24, 2.45) is 0 Å². The van der Waals surface area contributed by atoms with Gasteiger partial charge in [0.05, 0.1) is 0 Å². The summed E-state index contributed by atoms with van der Waals surface area (Å²) in [6.07, 6.45) is 0. The molecular formula is C23H25NO. The van der Waals surface area contributed by atoms with Crippen LogP contribution in [0, 0.1) is 13.8 Å². The maximum atomic E-state index is 10.5. The molecule has 0 aliphatic heterocycles. The fraction of sp³-hybridized carbons (Fsp3) is 0.217. The summed E-state index contributed by atoms with van der Waals surface area (Å²) in [6.45, 7) is 6.45. The Morgan fingerprint density at radius 2 is 1.12 bits per heavy atom. The van der Waals surface area contributed by atoms with Gasteiger partial charge in [0.15, 0.2) is 0 Å². The Kier molecular flexibility index (Phi) is 5.52. The molecule has 3 rings (SSSR count).